The normalized spacial score (nSPS) is 14.2. The second-order valence-corrected chi connectivity index (χ2v) is 6.54. The monoisotopic (exact) mass is 280 g/mol. The summed E-state index contributed by atoms with van der Waals surface area (Å²) in [5.41, 5.74) is 9.99. The van der Waals surface area contributed by atoms with E-state index in [1.54, 1.807) is 0 Å². The molecule has 2 N–H and O–H groups in total. The van der Waals surface area contributed by atoms with E-state index in [0.29, 0.717) is 6.04 Å². The number of thioether (sulfide) groups is 1. The van der Waals surface area contributed by atoms with Gasteiger partial charge in [-0.05, 0) is 57.3 Å². The van der Waals surface area contributed by atoms with Crippen LogP contribution in [-0.2, 0) is 6.42 Å². The van der Waals surface area contributed by atoms with Gasteiger partial charge in [0.15, 0.2) is 0 Å². The number of anilines is 1. The van der Waals surface area contributed by atoms with Gasteiger partial charge in [0.25, 0.3) is 0 Å². The molecule has 0 aliphatic rings. The predicted molar refractivity (Wildman–Crippen MR) is 89.4 cm³/mol. The molecule has 0 aliphatic carbocycles. The lowest BCUT2D eigenvalue weighted by atomic mass is 10.0. The molecule has 0 saturated heterocycles. The van der Waals surface area contributed by atoms with Crippen LogP contribution in [0.5, 0.6) is 0 Å². The molecule has 0 aliphatic heterocycles. The maximum Gasteiger partial charge on any atom is 0.0399 e. The first kappa shape index (κ1) is 16.4. The van der Waals surface area contributed by atoms with Gasteiger partial charge in [-0.2, -0.15) is 11.8 Å². The second-order valence-electron chi connectivity index (χ2n) is 5.55. The van der Waals surface area contributed by atoms with Crippen molar-refractivity contribution in [2.45, 2.75) is 45.7 Å². The Balaban J connectivity index is 2.91. The Morgan fingerprint density at radius 3 is 2.58 bits per heavy atom. The fourth-order valence-corrected chi connectivity index (χ4v) is 2.87. The van der Waals surface area contributed by atoms with Crippen molar-refractivity contribution >= 4 is 17.4 Å². The van der Waals surface area contributed by atoms with Gasteiger partial charge in [-0.25, -0.2) is 0 Å². The SMILES string of the molecule is CSCCC(C)N(C)c1ccc(C)cc1CC(C)N. The zero-order valence-electron chi connectivity index (χ0n) is 12.9. The Morgan fingerprint density at radius 1 is 1.32 bits per heavy atom. The lowest BCUT2D eigenvalue weighted by Gasteiger charge is -2.29. The number of hydrogen-bond donors (Lipinski definition) is 1. The van der Waals surface area contributed by atoms with Gasteiger partial charge >= 0.3 is 0 Å². The molecule has 0 amide bonds. The summed E-state index contributed by atoms with van der Waals surface area (Å²) in [5.74, 6) is 1.21. The zero-order valence-corrected chi connectivity index (χ0v) is 13.8. The second kappa shape index (κ2) is 7.81. The molecule has 1 aromatic rings. The molecule has 0 spiro atoms. The molecule has 2 unspecified atom stereocenters. The quantitative estimate of drug-likeness (QED) is 0.829. The highest BCUT2D eigenvalue weighted by atomic mass is 32.2. The lowest BCUT2D eigenvalue weighted by molar-refractivity contribution is 0.661. The molecule has 108 valence electrons. The summed E-state index contributed by atoms with van der Waals surface area (Å²) in [6.07, 6.45) is 4.32. The third-order valence-corrected chi connectivity index (χ3v) is 4.20. The summed E-state index contributed by atoms with van der Waals surface area (Å²) in [7, 11) is 2.19. The molecule has 1 rings (SSSR count). The van der Waals surface area contributed by atoms with Crippen LogP contribution in [0.1, 0.15) is 31.4 Å². The highest BCUT2D eigenvalue weighted by molar-refractivity contribution is 7.98. The van der Waals surface area contributed by atoms with Gasteiger partial charge in [-0.1, -0.05) is 17.7 Å². The highest BCUT2D eigenvalue weighted by Crippen LogP contribution is 2.25. The minimum Gasteiger partial charge on any atom is -0.372 e. The van der Waals surface area contributed by atoms with Crippen LogP contribution in [0, 0.1) is 6.92 Å². The molecule has 0 saturated carbocycles. The lowest BCUT2D eigenvalue weighted by Crippen LogP contribution is -2.31. The zero-order chi connectivity index (χ0) is 14.4. The Hall–Kier alpha value is -0.670. The van der Waals surface area contributed by atoms with E-state index >= 15 is 0 Å². The van der Waals surface area contributed by atoms with E-state index in [4.69, 9.17) is 5.73 Å². The van der Waals surface area contributed by atoms with Crippen molar-refractivity contribution in [2.75, 3.05) is 24.0 Å². The van der Waals surface area contributed by atoms with Crippen LogP contribution >= 0.6 is 11.8 Å². The van der Waals surface area contributed by atoms with E-state index in [1.807, 2.05) is 11.8 Å². The maximum atomic E-state index is 5.98. The van der Waals surface area contributed by atoms with Crippen molar-refractivity contribution < 1.29 is 0 Å². The Bertz CT molecular complexity index is 390. The minimum atomic E-state index is 0.204. The number of aryl methyl sites for hydroxylation is 1. The summed E-state index contributed by atoms with van der Waals surface area (Å²) >= 11 is 1.91. The largest absolute Gasteiger partial charge is 0.372 e. The number of benzene rings is 1. The van der Waals surface area contributed by atoms with Crippen LogP contribution in [0.15, 0.2) is 18.2 Å². The first-order valence-electron chi connectivity index (χ1n) is 7.02. The van der Waals surface area contributed by atoms with E-state index in [1.165, 1.54) is 29.0 Å². The topological polar surface area (TPSA) is 29.3 Å². The standard InChI is InChI=1S/C16H28N2S/c1-12-6-7-16(15(10-12)11-13(2)17)18(4)14(3)8-9-19-5/h6-7,10,13-14H,8-9,11,17H2,1-5H3. The highest BCUT2D eigenvalue weighted by Gasteiger charge is 2.14. The third-order valence-electron chi connectivity index (χ3n) is 3.56. The van der Waals surface area contributed by atoms with Gasteiger partial charge in [0.05, 0.1) is 0 Å². The number of nitrogens with two attached hydrogens (primary N) is 1. The molecular weight excluding hydrogens is 252 g/mol. The molecule has 2 atom stereocenters. The van der Waals surface area contributed by atoms with Gasteiger partial charge in [0, 0.05) is 24.8 Å². The maximum absolute atomic E-state index is 5.98. The molecule has 19 heavy (non-hydrogen) atoms. The van der Waals surface area contributed by atoms with Crippen LogP contribution in [-0.4, -0.2) is 31.1 Å². The fourth-order valence-electron chi connectivity index (χ4n) is 2.29. The smallest absolute Gasteiger partial charge is 0.0399 e. The van der Waals surface area contributed by atoms with Gasteiger partial charge in [0.1, 0.15) is 0 Å². The molecule has 1 aromatic carbocycles. The third kappa shape index (κ3) is 5.07. The van der Waals surface area contributed by atoms with Crippen LogP contribution in [0.3, 0.4) is 0 Å². The first-order valence-corrected chi connectivity index (χ1v) is 8.42. The van der Waals surface area contributed by atoms with E-state index in [-0.39, 0.29) is 6.04 Å². The predicted octanol–water partition coefficient (Wildman–Crippen LogP) is 3.46. The van der Waals surface area contributed by atoms with Crippen LogP contribution in [0.2, 0.25) is 0 Å². The van der Waals surface area contributed by atoms with E-state index < -0.39 is 0 Å². The molecule has 0 heterocycles. The molecule has 0 aromatic heterocycles. The van der Waals surface area contributed by atoms with Gasteiger partial charge < -0.3 is 10.6 Å². The van der Waals surface area contributed by atoms with E-state index in [2.05, 4.69) is 57.2 Å². The van der Waals surface area contributed by atoms with Crippen molar-refractivity contribution in [3.8, 4) is 0 Å². The van der Waals surface area contributed by atoms with Crippen molar-refractivity contribution in [3.63, 3.8) is 0 Å². The average Bonchev–Trinajstić information content (AvgIpc) is 2.34. The fraction of sp³-hybridized carbons (Fsp3) is 0.625. The molecule has 0 fully saturated rings. The Kier molecular flexibility index (Phi) is 6.73. The van der Waals surface area contributed by atoms with Gasteiger partial charge in [-0.15, -0.1) is 0 Å². The van der Waals surface area contributed by atoms with Crippen molar-refractivity contribution in [1.29, 1.82) is 0 Å². The van der Waals surface area contributed by atoms with Crippen LogP contribution in [0.25, 0.3) is 0 Å². The van der Waals surface area contributed by atoms with E-state index in [0.717, 1.165) is 6.42 Å². The first-order chi connectivity index (χ1) is 8.95. The van der Waals surface area contributed by atoms with Crippen molar-refractivity contribution in [3.05, 3.63) is 29.3 Å². The summed E-state index contributed by atoms with van der Waals surface area (Å²) in [6, 6.07) is 7.47. The average molecular weight is 280 g/mol. The molecule has 0 bridgehead atoms. The van der Waals surface area contributed by atoms with E-state index in [9.17, 15) is 0 Å². The molecule has 2 nitrogen and oxygen atoms in total. The number of hydrogen-bond acceptors (Lipinski definition) is 3. The summed E-state index contributed by atoms with van der Waals surface area (Å²) in [4.78, 5) is 2.40. The number of rotatable bonds is 7. The number of nitrogens with zero attached hydrogens (tertiary/aromatic N) is 1. The molecule has 3 heteroatoms. The van der Waals surface area contributed by atoms with Crippen LogP contribution < -0.4 is 10.6 Å². The summed E-state index contributed by atoms with van der Waals surface area (Å²) in [6.45, 7) is 6.51. The van der Waals surface area contributed by atoms with Crippen molar-refractivity contribution in [1.82, 2.24) is 0 Å². The van der Waals surface area contributed by atoms with Gasteiger partial charge in [0.2, 0.25) is 0 Å². The Labute approximate surface area is 122 Å². The summed E-state index contributed by atoms with van der Waals surface area (Å²) in [5, 5.41) is 0. The minimum absolute atomic E-state index is 0.204. The molecular formula is C16H28N2S. The van der Waals surface area contributed by atoms with Crippen molar-refractivity contribution in [2.24, 2.45) is 5.73 Å². The van der Waals surface area contributed by atoms with Crippen LogP contribution in [0.4, 0.5) is 5.69 Å². The Morgan fingerprint density at radius 2 is 2.00 bits per heavy atom. The van der Waals surface area contributed by atoms with Gasteiger partial charge in [-0.3, -0.25) is 0 Å². The summed E-state index contributed by atoms with van der Waals surface area (Å²) < 4.78 is 0. The molecule has 0 radical (unpaired) electrons.